The molecular formula is C5H12O5S2. The zero-order chi connectivity index (χ0) is 9.61. The van der Waals surface area contributed by atoms with Crippen molar-refractivity contribution in [2.45, 2.75) is 6.10 Å². The van der Waals surface area contributed by atoms with Crippen molar-refractivity contribution in [3.05, 3.63) is 0 Å². The Hall–Kier alpha value is 0.180. The summed E-state index contributed by atoms with van der Waals surface area (Å²) in [5.41, 5.74) is 0. The van der Waals surface area contributed by atoms with Crippen LogP contribution in [-0.4, -0.2) is 49.5 Å². The molecule has 0 spiro atoms. The maximum absolute atomic E-state index is 10.8. The van der Waals surface area contributed by atoms with Gasteiger partial charge in [-0.05, 0) is 0 Å². The molecule has 0 rings (SSSR count). The fourth-order valence-electron chi connectivity index (χ4n) is 0.501. The van der Waals surface area contributed by atoms with E-state index in [1.165, 1.54) is 0 Å². The number of hydrogen-bond donors (Lipinski definition) is 3. The van der Waals surface area contributed by atoms with Crippen LogP contribution in [0.5, 0.6) is 0 Å². The van der Waals surface area contributed by atoms with Crippen LogP contribution in [0.2, 0.25) is 0 Å². The monoisotopic (exact) mass is 216 g/mol. The van der Waals surface area contributed by atoms with E-state index in [0.29, 0.717) is 0 Å². The molecule has 0 aliphatic carbocycles. The quantitative estimate of drug-likeness (QED) is 0.376. The second-order valence-electron chi connectivity index (χ2n) is 2.11. The Kier molecular flexibility index (Phi) is 5.85. The van der Waals surface area contributed by atoms with Crippen molar-refractivity contribution in [3.63, 3.8) is 0 Å². The molecule has 0 aromatic carbocycles. The molecule has 0 saturated carbocycles. The predicted molar refractivity (Wildman–Crippen MR) is 46.7 cm³/mol. The molecule has 0 radical (unpaired) electrons. The van der Waals surface area contributed by atoms with Gasteiger partial charge in [0.25, 0.3) is 10.1 Å². The summed E-state index contributed by atoms with van der Waals surface area (Å²) in [5, 5.41) is 17.1. The second-order valence-corrected chi connectivity index (χ2v) is 4.16. The van der Waals surface area contributed by atoms with Gasteiger partial charge in [-0.25, -0.2) is 0 Å². The Balaban J connectivity index is 3.88. The minimum absolute atomic E-state index is 0.0573. The molecule has 0 saturated heterocycles. The van der Waals surface area contributed by atoms with Gasteiger partial charge in [0, 0.05) is 5.75 Å². The van der Waals surface area contributed by atoms with Crippen molar-refractivity contribution in [2.75, 3.05) is 24.7 Å². The minimum Gasteiger partial charge on any atom is -0.394 e. The van der Waals surface area contributed by atoms with E-state index in [-0.39, 0.29) is 19.0 Å². The van der Waals surface area contributed by atoms with Crippen LogP contribution in [0, 0.1) is 0 Å². The number of thiol groups is 1. The second kappa shape index (κ2) is 5.76. The Morgan fingerprint density at radius 1 is 1.50 bits per heavy atom. The normalized spacial score (nSPS) is 14.6. The fraction of sp³-hybridized carbons (Fsp3) is 1.00. The molecule has 7 heteroatoms. The highest BCUT2D eigenvalue weighted by Gasteiger charge is 2.16. The fourth-order valence-corrected chi connectivity index (χ4v) is 1.82. The van der Waals surface area contributed by atoms with Gasteiger partial charge < -0.3 is 10.2 Å². The molecule has 0 aromatic heterocycles. The van der Waals surface area contributed by atoms with E-state index in [4.69, 9.17) is 10.2 Å². The Bertz CT molecular complexity index is 200. The molecule has 0 aliphatic heterocycles. The van der Waals surface area contributed by atoms with E-state index < -0.39 is 22.0 Å². The zero-order valence-corrected chi connectivity index (χ0v) is 8.09. The van der Waals surface area contributed by atoms with Gasteiger partial charge >= 0.3 is 0 Å². The summed E-state index contributed by atoms with van der Waals surface area (Å²) in [6.45, 7) is -0.641. The average Bonchev–Trinajstić information content (AvgIpc) is 2.00. The molecule has 0 aliphatic rings. The molecule has 0 aromatic rings. The third-order valence-electron chi connectivity index (χ3n) is 0.961. The van der Waals surface area contributed by atoms with Crippen LogP contribution < -0.4 is 0 Å². The van der Waals surface area contributed by atoms with Gasteiger partial charge in [-0.1, -0.05) is 0 Å². The molecule has 0 bridgehead atoms. The summed E-state index contributed by atoms with van der Waals surface area (Å²) in [4.78, 5) is 0. The van der Waals surface area contributed by atoms with Crippen LogP contribution in [0.4, 0.5) is 0 Å². The first-order valence-corrected chi connectivity index (χ1v) is 5.49. The van der Waals surface area contributed by atoms with Crippen molar-refractivity contribution in [3.8, 4) is 0 Å². The van der Waals surface area contributed by atoms with Crippen molar-refractivity contribution in [1.29, 1.82) is 0 Å². The highest BCUT2D eigenvalue weighted by Crippen LogP contribution is 1.98. The number of aliphatic hydroxyl groups is 2. The average molecular weight is 216 g/mol. The predicted octanol–water partition coefficient (Wildman–Crippen LogP) is -1.38. The number of rotatable bonds is 6. The van der Waals surface area contributed by atoms with E-state index >= 15 is 0 Å². The van der Waals surface area contributed by atoms with E-state index in [2.05, 4.69) is 16.8 Å². The molecular weight excluding hydrogens is 204 g/mol. The number of hydrogen-bond acceptors (Lipinski definition) is 6. The van der Waals surface area contributed by atoms with Gasteiger partial charge in [-0.15, -0.1) is 0 Å². The van der Waals surface area contributed by atoms with Crippen molar-refractivity contribution >= 4 is 22.7 Å². The van der Waals surface area contributed by atoms with Gasteiger partial charge in [0.1, 0.15) is 5.75 Å². The van der Waals surface area contributed by atoms with Crippen LogP contribution in [0.25, 0.3) is 0 Å². The van der Waals surface area contributed by atoms with Gasteiger partial charge in [-0.2, -0.15) is 21.0 Å². The van der Waals surface area contributed by atoms with Crippen molar-refractivity contribution in [1.82, 2.24) is 0 Å². The Morgan fingerprint density at radius 3 is 2.50 bits per heavy atom. The van der Waals surface area contributed by atoms with Crippen LogP contribution >= 0.6 is 12.6 Å². The molecule has 1 unspecified atom stereocenters. The standard InChI is InChI=1S/C5H12O5S2/c6-1-2-10-12(8,9)4-5(7)3-11/h5-7,11H,1-4H2. The summed E-state index contributed by atoms with van der Waals surface area (Å²) >= 11 is 3.70. The maximum Gasteiger partial charge on any atom is 0.269 e. The molecule has 0 amide bonds. The summed E-state index contributed by atoms with van der Waals surface area (Å²) in [7, 11) is -3.71. The summed E-state index contributed by atoms with van der Waals surface area (Å²) in [5.74, 6) is -0.432. The van der Waals surface area contributed by atoms with Crippen LogP contribution in [0.15, 0.2) is 0 Å². The third kappa shape index (κ3) is 5.78. The lowest BCUT2D eigenvalue weighted by Crippen LogP contribution is -2.24. The first kappa shape index (κ1) is 12.2. The van der Waals surface area contributed by atoms with Gasteiger partial charge in [0.05, 0.1) is 19.3 Å². The first-order chi connectivity index (χ1) is 5.52. The van der Waals surface area contributed by atoms with Crippen molar-refractivity contribution in [2.24, 2.45) is 0 Å². The molecule has 0 fully saturated rings. The molecule has 0 heterocycles. The molecule has 74 valence electrons. The summed E-state index contributed by atoms with van der Waals surface area (Å²) in [6, 6.07) is 0. The first-order valence-electron chi connectivity index (χ1n) is 3.28. The van der Waals surface area contributed by atoms with E-state index in [0.717, 1.165) is 0 Å². The zero-order valence-electron chi connectivity index (χ0n) is 6.38. The van der Waals surface area contributed by atoms with E-state index in [9.17, 15) is 8.42 Å². The van der Waals surface area contributed by atoms with Gasteiger partial charge in [0.2, 0.25) is 0 Å². The molecule has 1 atom stereocenters. The van der Waals surface area contributed by atoms with Gasteiger partial charge in [-0.3, -0.25) is 4.18 Å². The van der Waals surface area contributed by atoms with Gasteiger partial charge in [0.15, 0.2) is 0 Å². The van der Waals surface area contributed by atoms with E-state index in [1.807, 2.05) is 0 Å². The van der Waals surface area contributed by atoms with Crippen LogP contribution in [0.3, 0.4) is 0 Å². The minimum atomic E-state index is -3.71. The summed E-state index contributed by atoms with van der Waals surface area (Å²) in [6.07, 6.45) is -1.03. The van der Waals surface area contributed by atoms with E-state index in [1.54, 1.807) is 0 Å². The largest absolute Gasteiger partial charge is 0.394 e. The Labute approximate surface area is 76.9 Å². The summed E-state index contributed by atoms with van der Waals surface area (Å²) < 4.78 is 25.9. The highest BCUT2D eigenvalue weighted by atomic mass is 32.2. The number of aliphatic hydroxyl groups excluding tert-OH is 2. The SMILES string of the molecule is O=S(=O)(CC(O)CS)OCCO. The molecule has 5 nitrogen and oxygen atoms in total. The third-order valence-corrected chi connectivity index (χ3v) is 2.70. The Morgan fingerprint density at radius 2 is 2.08 bits per heavy atom. The topological polar surface area (TPSA) is 83.8 Å². The van der Waals surface area contributed by atoms with Crippen molar-refractivity contribution < 1.29 is 22.8 Å². The smallest absolute Gasteiger partial charge is 0.269 e. The van der Waals surface area contributed by atoms with Crippen LogP contribution in [-0.2, 0) is 14.3 Å². The maximum atomic E-state index is 10.8. The lowest BCUT2D eigenvalue weighted by Gasteiger charge is -2.07. The lowest BCUT2D eigenvalue weighted by atomic mass is 10.5. The van der Waals surface area contributed by atoms with Crippen LogP contribution in [0.1, 0.15) is 0 Å². The highest BCUT2D eigenvalue weighted by molar-refractivity contribution is 7.86. The lowest BCUT2D eigenvalue weighted by molar-refractivity contribution is 0.192. The molecule has 12 heavy (non-hydrogen) atoms. The molecule has 2 N–H and O–H groups in total.